The van der Waals surface area contributed by atoms with E-state index in [1.54, 1.807) is 6.08 Å². The molecule has 1 N–H and O–H groups in total. The third-order valence-electron chi connectivity index (χ3n) is 1.64. The van der Waals surface area contributed by atoms with Gasteiger partial charge in [-0.3, -0.25) is 0 Å². The number of aliphatic hydroxyl groups is 1. The summed E-state index contributed by atoms with van der Waals surface area (Å²) in [5.41, 5.74) is 0. The van der Waals surface area contributed by atoms with E-state index in [2.05, 4.69) is 19.1 Å². The van der Waals surface area contributed by atoms with Crippen LogP contribution in [0.25, 0.3) is 0 Å². The Balaban J connectivity index is 3.04. The standard InChI is InChI=1S/C11H20O/c1-2-3-4-5-6-7-8-9-10-11-12/h4-5,9-10,12H,2-3,6-8,11H2,1H3. The van der Waals surface area contributed by atoms with Crippen LogP contribution in [0.15, 0.2) is 24.3 Å². The van der Waals surface area contributed by atoms with Crippen LogP contribution < -0.4 is 0 Å². The van der Waals surface area contributed by atoms with E-state index in [9.17, 15) is 0 Å². The molecule has 70 valence electrons. The zero-order chi connectivity index (χ0) is 9.07. The minimum atomic E-state index is 0.172. The van der Waals surface area contributed by atoms with Gasteiger partial charge in [-0.1, -0.05) is 37.6 Å². The van der Waals surface area contributed by atoms with Crippen LogP contribution in [0.5, 0.6) is 0 Å². The number of rotatable bonds is 7. The molecule has 1 heteroatoms. The number of allylic oxidation sites excluding steroid dienone is 3. The molecule has 0 bridgehead atoms. The first kappa shape index (κ1) is 11.4. The Morgan fingerprint density at radius 1 is 0.917 bits per heavy atom. The molecule has 0 saturated carbocycles. The van der Waals surface area contributed by atoms with Crippen molar-refractivity contribution in [2.24, 2.45) is 0 Å². The molecular weight excluding hydrogens is 148 g/mol. The second-order valence-electron chi connectivity index (χ2n) is 2.84. The highest BCUT2D eigenvalue weighted by Crippen LogP contribution is 1.99. The first-order chi connectivity index (χ1) is 5.91. The van der Waals surface area contributed by atoms with Gasteiger partial charge in [0, 0.05) is 0 Å². The van der Waals surface area contributed by atoms with Crippen molar-refractivity contribution in [1.82, 2.24) is 0 Å². The Bertz CT molecular complexity index is 125. The molecule has 0 aliphatic rings. The third kappa shape index (κ3) is 9.44. The summed E-state index contributed by atoms with van der Waals surface area (Å²) < 4.78 is 0. The van der Waals surface area contributed by atoms with Gasteiger partial charge in [-0.05, 0) is 25.7 Å². The second-order valence-corrected chi connectivity index (χ2v) is 2.84. The lowest BCUT2D eigenvalue weighted by molar-refractivity contribution is 0.342. The van der Waals surface area contributed by atoms with Crippen molar-refractivity contribution >= 4 is 0 Å². The molecule has 0 aromatic heterocycles. The molecule has 12 heavy (non-hydrogen) atoms. The number of unbranched alkanes of at least 4 members (excludes halogenated alkanes) is 3. The van der Waals surface area contributed by atoms with Gasteiger partial charge in [0.25, 0.3) is 0 Å². The molecule has 0 spiro atoms. The zero-order valence-electron chi connectivity index (χ0n) is 8.00. The van der Waals surface area contributed by atoms with E-state index >= 15 is 0 Å². The molecule has 0 aliphatic heterocycles. The lowest BCUT2D eigenvalue weighted by Crippen LogP contribution is -1.73. The van der Waals surface area contributed by atoms with Crippen LogP contribution in [0.4, 0.5) is 0 Å². The summed E-state index contributed by atoms with van der Waals surface area (Å²) in [4.78, 5) is 0. The van der Waals surface area contributed by atoms with Crippen molar-refractivity contribution in [2.75, 3.05) is 6.61 Å². The molecule has 0 heterocycles. The first-order valence-corrected chi connectivity index (χ1v) is 4.82. The Morgan fingerprint density at radius 2 is 1.50 bits per heavy atom. The minimum absolute atomic E-state index is 0.172. The van der Waals surface area contributed by atoms with Crippen molar-refractivity contribution < 1.29 is 5.11 Å². The molecule has 0 rings (SSSR count). The SMILES string of the molecule is CCCC=CCCCC=CCO. The summed E-state index contributed by atoms with van der Waals surface area (Å²) in [6.45, 7) is 2.36. The van der Waals surface area contributed by atoms with Gasteiger partial charge in [0.2, 0.25) is 0 Å². The Hall–Kier alpha value is -0.560. The number of hydrogen-bond acceptors (Lipinski definition) is 1. The van der Waals surface area contributed by atoms with Crippen LogP contribution in [-0.4, -0.2) is 11.7 Å². The molecule has 0 atom stereocenters. The maximum atomic E-state index is 8.44. The summed E-state index contributed by atoms with van der Waals surface area (Å²) in [5, 5.41) is 8.44. The lowest BCUT2D eigenvalue weighted by atomic mass is 10.2. The largest absolute Gasteiger partial charge is 0.392 e. The van der Waals surface area contributed by atoms with Crippen LogP contribution in [0.1, 0.15) is 39.0 Å². The smallest absolute Gasteiger partial charge is 0.0612 e. The number of hydrogen-bond donors (Lipinski definition) is 1. The summed E-state index contributed by atoms with van der Waals surface area (Å²) >= 11 is 0. The normalized spacial score (nSPS) is 11.8. The molecule has 0 saturated heterocycles. The summed E-state index contributed by atoms with van der Waals surface area (Å²) in [6, 6.07) is 0. The average molecular weight is 168 g/mol. The van der Waals surface area contributed by atoms with Gasteiger partial charge in [-0.15, -0.1) is 0 Å². The highest BCUT2D eigenvalue weighted by molar-refractivity contribution is 4.84. The third-order valence-corrected chi connectivity index (χ3v) is 1.64. The fourth-order valence-electron chi connectivity index (χ4n) is 0.948. The highest BCUT2D eigenvalue weighted by atomic mass is 16.2. The van der Waals surface area contributed by atoms with Gasteiger partial charge in [-0.2, -0.15) is 0 Å². The maximum Gasteiger partial charge on any atom is 0.0612 e. The predicted octanol–water partition coefficient (Wildman–Crippen LogP) is 3.06. The summed E-state index contributed by atoms with van der Waals surface area (Å²) in [7, 11) is 0. The molecule has 0 amide bonds. The highest BCUT2D eigenvalue weighted by Gasteiger charge is 1.79. The monoisotopic (exact) mass is 168 g/mol. The molecule has 0 radical (unpaired) electrons. The van der Waals surface area contributed by atoms with Crippen molar-refractivity contribution in [3.05, 3.63) is 24.3 Å². The van der Waals surface area contributed by atoms with Crippen LogP contribution in [0.2, 0.25) is 0 Å². The number of aliphatic hydroxyl groups excluding tert-OH is 1. The van der Waals surface area contributed by atoms with Crippen LogP contribution in [-0.2, 0) is 0 Å². The van der Waals surface area contributed by atoms with E-state index in [4.69, 9.17) is 5.11 Å². The van der Waals surface area contributed by atoms with Gasteiger partial charge in [0.15, 0.2) is 0 Å². The van der Waals surface area contributed by atoms with Gasteiger partial charge < -0.3 is 5.11 Å². The second kappa shape index (κ2) is 10.4. The van der Waals surface area contributed by atoms with Crippen molar-refractivity contribution in [3.8, 4) is 0 Å². The average Bonchev–Trinajstić information content (AvgIpc) is 2.10. The molecule has 1 nitrogen and oxygen atoms in total. The summed E-state index contributed by atoms with van der Waals surface area (Å²) in [6.07, 6.45) is 14.2. The Morgan fingerprint density at radius 3 is 2.08 bits per heavy atom. The minimum Gasteiger partial charge on any atom is -0.392 e. The quantitative estimate of drug-likeness (QED) is 0.457. The Kier molecular flexibility index (Phi) is 9.95. The van der Waals surface area contributed by atoms with E-state index < -0.39 is 0 Å². The van der Waals surface area contributed by atoms with Gasteiger partial charge in [0.05, 0.1) is 6.61 Å². The van der Waals surface area contributed by atoms with Crippen LogP contribution >= 0.6 is 0 Å². The fourth-order valence-corrected chi connectivity index (χ4v) is 0.948. The van der Waals surface area contributed by atoms with Crippen molar-refractivity contribution in [3.63, 3.8) is 0 Å². The molecule has 0 unspecified atom stereocenters. The predicted molar refractivity (Wildman–Crippen MR) is 54.1 cm³/mol. The van der Waals surface area contributed by atoms with Crippen LogP contribution in [0.3, 0.4) is 0 Å². The van der Waals surface area contributed by atoms with E-state index in [-0.39, 0.29) is 6.61 Å². The first-order valence-electron chi connectivity index (χ1n) is 4.82. The van der Waals surface area contributed by atoms with Crippen molar-refractivity contribution in [2.45, 2.75) is 39.0 Å². The van der Waals surface area contributed by atoms with Gasteiger partial charge >= 0.3 is 0 Å². The molecule has 0 aromatic rings. The van der Waals surface area contributed by atoms with E-state index in [0.29, 0.717) is 0 Å². The van der Waals surface area contributed by atoms with E-state index in [1.165, 1.54) is 19.3 Å². The molecule has 0 aromatic carbocycles. The van der Waals surface area contributed by atoms with Gasteiger partial charge in [-0.25, -0.2) is 0 Å². The van der Waals surface area contributed by atoms with E-state index in [0.717, 1.165) is 12.8 Å². The maximum absolute atomic E-state index is 8.44. The molecule has 0 aliphatic carbocycles. The lowest BCUT2D eigenvalue weighted by Gasteiger charge is -1.89. The zero-order valence-corrected chi connectivity index (χ0v) is 8.00. The topological polar surface area (TPSA) is 20.2 Å². The molecule has 0 fully saturated rings. The van der Waals surface area contributed by atoms with Crippen LogP contribution in [0, 0.1) is 0 Å². The van der Waals surface area contributed by atoms with Crippen molar-refractivity contribution in [1.29, 1.82) is 0 Å². The Labute approximate surface area is 75.8 Å². The fraction of sp³-hybridized carbons (Fsp3) is 0.636. The van der Waals surface area contributed by atoms with Gasteiger partial charge in [0.1, 0.15) is 0 Å². The summed E-state index contributed by atoms with van der Waals surface area (Å²) in [5.74, 6) is 0. The molecular formula is C11H20O. The van der Waals surface area contributed by atoms with E-state index in [1.807, 2.05) is 6.08 Å².